The fraction of sp³-hybridized carbons (Fsp3) is 0.769. The van der Waals surface area contributed by atoms with Crippen molar-refractivity contribution < 1.29 is 18.8 Å². The van der Waals surface area contributed by atoms with Gasteiger partial charge in [-0.25, -0.2) is 0 Å². The monoisotopic (exact) mass is 283 g/mol. The summed E-state index contributed by atoms with van der Waals surface area (Å²) in [4.78, 5) is 18.0. The molecule has 0 aromatic carbocycles. The van der Waals surface area contributed by atoms with Gasteiger partial charge in [-0.3, -0.25) is 9.69 Å². The molecular weight excluding hydrogens is 262 g/mol. The highest BCUT2D eigenvalue weighted by Crippen LogP contribution is 2.13. The number of ether oxygens (including phenoxy) is 2. The standard InChI is InChI=1S/C13H21N3O4/c1-9(2)6-11-14-12(20-15-11)7-16-4-5-19-8-10(16)13(17)18-3/h9-10H,4-8H2,1-3H3. The predicted octanol–water partition coefficient (Wildman–Crippen LogP) is 0.642. The van der Waals surface area contributed by atoms with Crippen LogP contribution in [0.1, 0.15) is 25.6 Å². The first-order chi connectivity index (χ1) is 9.60. The van der Waals surface area contributed by atoms with Gasteiger partial charge in [-0.1, -0.05) is 19.0 Å². The Hall–Kier alpha value is -1.47. The van der Waals surface area contributed by atoms with Crippen LogP contribution in [-0.4, -0.2) is 53.9 Å². The van der Waals surface area contributed by atoms with Crippen LogP contribution in [0.15, 0.2) is 4.52 Å². The zero-order chi connectivity index (χ0) is 14.5. The Bertz CT molecular complexity index is 447. The number of carbonyl (C=O) groups is 1. The maximum atomic E-state index is 11.7. The number of nitrogens with zero attached hydrogens (tertiary/aromatic N) is 3. The molecule has 1 aliphatic heterocycles. The van der Waals surface area contributed by atoms with E-state index in [2.05, 4.69) is 24.0 Å². The zero-order valence-corrected chi connectivity index (χ0v) is 12.2. The normalized spacial score (nSPS) is 20.3. The highest BCUT2D eigenvalue weighted by Gasteiger charge is 2.31. The van der Waals surface area contributed by atoms with Gasteiger partial charge < -0.3 is 14.0 Å². The third-order valence-electron chi connectivity index (χ3n) is 3.15. The van der Waals surface area contributed by atoms with Crippen LogP contribution in [0.2, 0.25) is 0 Å². The van der Waals surface area contributed by atoms with Crippen molar-refractivity contribution in [2.24, 2.45) is 5.92 Å². The van der Waals surface area contributed by atoms with E-state index in [4.69, 9.17) is 14.0 Å². The number of morpholine rings is 1. The summed E-state index contributed by atoms with van der Waals surface area (Å²) >= 11 is 0. The molecule has 0 aliphatic carbocycles. The molecule has 20 heavy (non-hydrogen) atoms. The summed E-state index contributed by atoms with van der Waals surface area (Å²) in [6, 6.07) is -0.408. The predicted molar refractivity (Wildman–Crippen MR) is 69.9 cm³/mol. The molecule has 0 radical (unpaired) electrons. The number of esters is 1. The number of aromatic nitrogens is 2. The van der Waals surface area contributed by atoms with Crippen molar-refractivity contribution in [2.75, 3.05) is 26.9 Å². The van der Waals surface area contributed by atoms with Crippen LogP contribution in [0.5, 0.6) is 0 Å². The summed E-state index contributed by atoms with van der Waals surface area (Å²) in [5, 5.41) is 3.95. The molecule has 1 aromatic rings. The Morgan fingerprint density at radius 1 is 1.55 bits per heavy atom. The highest BCUT2D eigenvalue weighted by atomic mass is 16.5. The lowest BCUT2D eigenvalue weighted by Gasteiger charge is -2.32. The van der Waals surface area contributed by atoms with E-state index in [1.54, 1.807) is 0 Å². The molecule has 0 bridgehead atoms. The van der Waals surface area contributed by atoms with E-state index in [1.807, 2.05) is 4.90 Å². The number of hydrogen-bond donors (Lipinski definition) is 0. The van der Waals surface area contributed by atoms with Crippen molar-refractivity contribution >= 4 is 5.97 Å². The van der Waals surface area contributed by atoms with Gasteiger partial charge in [0.2, 0.25) is 5.89 Å². The Kier molecular flexibility index (Phi) is 5.08. The van der Waals surface area contributed by atoms with Gasteiger partial charge in [0, 0.05) is 13.0 Å². The molecule has 0 amide bonds. The Balaban J connectivity index is 1.99. The molecule has 7 nitrogen and oxygen atoms in total. The SMILES string of the molecule is COC(=O)C1COCCN1Cc1nc(CC(C)C)no1. The van der Waals surface area contributed by atoms with Gasteiger partial charge in [0.15, 0.2) is 5.82 Å². The molecule has 7 heteroatoms. The van der Waals surface area contributed by atoms with Crippen molar-refractivity contribution in [3.63, 3.8) is 0 Å². The van der Waals surface area contributed by atoms with Gasteiger partial charge in [0.25, 0.3) is 0 Å². The summed E-state index contributed by atoms with van der Waals surface area (Å²) < 4.78 is 15.3. The quantitative estimate of drug-likeness (QED) is 0.734. The lowest BCUT2D eigenvalue weighted by molar-refractivity contribution is -0.153. The van der Waals surface area contributed by atoms with Gasteiger partial charge in [-0.15, -0.1) is 0 Å². The summed E-state index contributed by atoms with van der Waals surface area (Å²) in [6.45, 7) is 6.20. The molecule has 1 saturated heterocycles. The molecule has 0 N–H and O–H groups in total. The van der Waals surface area contributed by atoms with E-state index < -0.39 is 6.04 Å². The summed E-state index contributed by atoms with van der Waals surface area (Å²) in [7, 11) is 1.38. The minimum atomic E-state index is -0.408. The van der Waals surface area contributed by atoms with Crippen LogP contribution in [-0.2, 0) is 27.2 Å². The molecule has 0 spiro atoms. The third-order valence-corrected chi connectivity index (χ3v) is 3.15. The van der Waals surface area contributed by atoms with Crippen molar-refractivity contribution in [2.45, 2.75) is 32.9 Å². The molecule has 1 aromatic heterocycles. The van der Waals surface area contributed by atoms with E-state index in [-0.39, 0.29) is 5.97 Å². The molecule has 112 valence electrons. The van der Waals surface area contributed by atoms with Crippen LogP contribution in [0, 0.1) is 5.92 Å². The average Bonchev–Trinajstić information content (AvgIpc) is 2.85. The van der Waals surface area contributed by atoms with Crippen molar-refractivity contribution in [1.82, 2.24) is 15.0 Å². The second-order valence-electron chi connectivity index (χ2n) is 5.29. The lowest BCUT2D eigenvalue weighted by atomic mass is 10.1. The molecule has 2 heterocycles. The molecular formula is C13H21N3O4. The van der Waals surface area contributed by atoms with Gasteiger partial charge in [0.05, 0.1) is 26.9 Å². The van der Waals surface area contributed by atoms with Crippen molar-refractivity contribution in [3.05, 3.63) is 11.7 Å². The first kappa shape index (κ1) is 14.9. The van der Waals surface area contributed by atoms with Crippen LogP contribution < -0.4 is 0 Å². The minimum Gasteiger partial charge on any atom is -0.468 e. The van der Waals surface area contributed by atoms with E-state index in [9.17, 15) is 4.79 Å². The first-order valence-corrected chi connectivity index (χ1v) is 6.81. The maximum Gasteiger partial charge on any atom is 0.325 e. The third kappa shape index (κ3) is 3.77. The number of methoxy groups -OCH3 is 1. The van der Waals surface area contributed by atoms with Gasteiger partial charge in [0.1, 0.15) is 6.04 Å². The summed E-state index contributed by atoms with van der Waals surface area (Å²) in [5.41, 5.74) is 0. The van der Waals surface area contributed by atoms with E-state index in [0.717, 1.165) is 6.42 Å². The summed E-state index contributed by atoms with van der Waals surface area (Å²) in [5.74, 6) is 1.41. The molecule has 0 saturated carbocycles. The van der Waals surface area contributed by atoms with Gasteiger partial charge in [-0.05, 0) is 5.92 Å². The number of hydrogen-bond acceptors (Lipinski definition) is 7. The van der Waals surface area contributed by atoms with E-state index in [0.29, 0.717) is 43.9 Å². The number of rotatable bonds is 5. The smallest absolute Gasteiger partial charge is 0.325 e. The Morgan fingerprint density at radius 2 is 2.35 bits per heavy atom. The molecule has 1 fully saturated rings. The molecule has 1 unspecified atom stereocenters. The van der Waals surface area contributed by atoms with Crippen LogP contribution >= 0.6 is 0 Å². The van der Waals surface area contributed by atoms with Crippen LogP contribution in [0.3, 0.4) is 0 Å². The van der Waals surface area contributed by atoms with Crippen molar-refractivity contribution in [3.8, 4) is 0 Å². The largest absolute Gasteiger partial charge is 0.468 e. The molecule has 1 atom stereocenters. The molecule has 2 rings (SSSR count). The Labute approximate surface area is 118 Å². The minimum absolute atomic E-state index is 0.299. The first-order valence-electron chi connectivity index (χ1n) is 6.81. The topological polar surface area (TPSA) is 77.7 Å². The van der Waals surface area contributed by atoms with Crippen LogP contribution in [0.4, 0.5) is 0 Å². The lowest BCUT2D eigenvalue weighted by Crippen LogP contribution is -2.49. The average molecular weight is 283 g/mol. The second-order valence-corrected chi connectivity index (χ2v) is 5.29. The van der Waals surface area contributed by atoms with Gasteiger partial charge in [-0.2, -0.15) is 4.98 Å². The highest BCUT2D eigenvalue weighted by molar-refractivity contribution is 5.75. The van der Waals surface area contributed by atoms with Crippen LogP contribution in [0.25, 0.3) is 0 Å². The number of carbonyl (C=O) groups excluding carboxylic acids is 1. The maximum absolute atomic E-state index is 11.7. The Morgan fingerprint density at radius 3 is 3.05 bits per heavy atom. The van der Waals surface area contributed by atoms with Gasteiger partial charge >= 0.3 is 5.97 Å². The van der Waals surface area contributed by atoms with E-state index >= 15 is 0 Å². The molecule has 1 aliphatic rings. The zero-order valence-electron chi connectivity index (χ0n) is 12.2. The second kappa shape index (κ2) is 6.81. The fourth-order valence-corrected chi connectivity index (χ4v) is 2.16. The fourth-order valence-electron chi connectivity index (χ4n) is 2.16. The summed E-state index contributed by atoms with van der Waals surface area (Å²) in [6.07, 6.45) is 0.785. The van der Waals surface area contributed by atoms with Crippen molar-refractivity contribution in [1.29, 1.82) is 0 Å². The van der Waals surface area contributed by atoms with E-state index in [1.165, 1.54) is 7.11 Å².